The van der Waals surface area contributed by atoms with Crippen molar-refractivity contribution >= 4 is 16.8 Å². The minimum atomic E-state index is -0.261. The molecular weight excluding hydrogens is 296 g/mol. The van der Waals surface area contributed by atoms with Gasteiger partial charge in [0.15, 0.2) is 5.69 Å². The van der Waals surface area contributed by atoms with E-state index < -0.39 is 0 Å². The summed E-state index contributed by atoms with van der Waals surface area (Å²) in [6, 6.07) is 9.03. The van der Waals surface area contributed by atoms with E-state index in [1.807, 2.05) is 24.3 Å². The van der Waals surface area contributed by atoms with Gasteiger partial charge in [-0.2, -0.15) is 5.10 Å². The van der Waals surface area contributed by atoms with Crippen LogP contribution in [-0.2, 0) is 0 Å². The Morgan fingerprint density at radius 3 is 2.78 bits per heavy atom. The first kappa shape index (κ1) is 14.8. The molecule has 1 aromatic carbocycles. The number of hydrogen-bond donors (Lipinski definition) is 2. The third kappa shape index (κ3) is 3.39. The Hall–Kier alpha value is -3.09. The topological polar surface area (TPSA) is 89.1 Å². The summed E-state index contributed by atoms with van der Waals surface area (Å²) in [5, 5.41) is 10.3. The van der Waals surface area contributed by atoms with Crippen molar-refractivity contribution in [3.8, 4) is 11.5 Å². The number of aromatic nitrogens is 3. The Kier molecular flexibility index (Phi) is 4.37. The van der Waals surface area contributed by atoms with Gasteiger partial charge in [-0.25, -0.2) is 0 Å². The Morgan fingerprint density at radius 1 is 1.22 bits per heavy atom. The lowest BCUT2D eigenvalue weighted by Crippen LogP contribution is -2.28. The fourth-order valence-corrected chi connectivity index (χ4v) is 2.12. The van der Waals surface area contributed by atoms with Gasteiger partial charge in [0, 0.05) is 12.4 Å². The number of fused-ring (bicyclic) bond motifs is 1. The van der Waals surface area contributed by atoms with Crippen molar-refractivity contribution in [1.82, 2.24) is 20.5 Å². The van der Waals surface area contributed by atoms with Gasteiger partial charge in [0.2, 0.25) is 0 Å². The van der Waals surface area contributed by atoms with Crippen molar-refractivity contribution in [3.63, 3.8) is 0 Å². The zero-order valence-corrected chi connectivity index (χ0v) is 12.6. The second kappa shape index (κ2) is 6.78. The van der Waals surface area contributed by atoms with Gasteiger partial charge in [0.25, 0.3) is 5.91 Å². The molecule has 0 unspecified atom stereocenters. The molecule has 0 radical (unpaired) electrons. The van der Waals surface area contributed by atoms with Gasteiger partial charge < -0.3 is 14.8 Å². The van der Waals surface area contributed by atoms with Crippen molar-refractivity contribution in [2.45, 2.75) is 0 Å². The van der Waals surface area contributed by atoms with Crippen LogP contribution in [0.15, 0.2) is 42.7 Å². The van der Waals surface area contributed by atoms with E-state index in [0.717, 1.165) is 17.0 Å². The Labute approximate surface area is 132 Å². The van der Waals surface area contributed by atoms with Crippen LogP contribution in [0.4, 0.5) is 0 Å². The molecule has 3 aromatic rings. The molecule has 0 spiro atoms. The third-order valence-corrected chi connectivity index (χ3v) is 3.30. The van der Waals surface area contributed by atoms with E-state index >= 15 is 0 Å². The van der Waals surface area contributed by atoms with E-state index in [9.17, 15) is 4.79 Å². The largest absolute Gasteiger partial charge is 0.497 e. The lowest BCUT2D eigenvalue weighted by atomic mass is 10.2. The summed E-state index contributed by atoms with van der Waals surface area (Å²) >= 11 is 0. The van der Waals surface area contributed by atoms with Crippen molar-refractivity contribution in [3.05, 3.63) is 48.4 Å². The number of methoxy groups -OCH3 is 1. The normalized spacial score (nSPS) is 10.5. The molecule has 2 aromatic heterocycles. The third-order valence-electron chi connectivity index (χ3n) is 3.30. The maximum absolute atomic E-state index is 12.1. The fraction of sp³-hybridized carbons (Fsp3) is 0.188. The average Bonchev–Trinajstić information content (AvgIpc) is 3.03. The van der Waals surface area contributed by atoms with Crippen LogP contribution in [0, 0.1) is 0 Å². The van der Waals surface area contributed by atoms with E-state index in [-0.39, 0.29) is 5.91 Å². The van der Waals surface area contributed by atoms with Gasteiger partial charge in [-0.3, -0.25) is 14.9 Å². The van der Waals surface area contributed by atoms with Gasteiger partial charge in [-0.1, -0.05) is 0 Å². The van der Waals surface area contributed by atoms with E-state index in [1.54, 1.807) is 25.6 Å². The summed E-state index contributed by atoms with van der Waals surface area (Å²) in [4.78, 5) is 16.1. The lowest BCUT2D eigenvalue weighted by Gasteiger charge is -2.07. The fourth-order valence-electron chi connectivity index (χ4n) is 2.12. The van der Waals surface area contributed by atoms with Crippen LogP contribution in [0.25, 0.3) is 10.9 Å². The summed E-state index contributed by atoms with van der Waals surface area (Å²) in [5.74, 6) is 1.22. The summed E-state index contributed by atoms with van der Waals surface area (Å²) in [5.41, 5.74) is 1.11. The highest BCUT2D eigenvalue weighted by molar-refractivity contribution is 6.04. The monoisotopic (exact) mass is 312 g/mol. The lowest BCUT2D eigenvalue weighted by molar-refractivity contribution is 0.0943. The number of carbonyl (C=O) groups excluding carboxylic acids is 1. The highest BCUT2D eigenvalue weighted by Crippen LogP contribution is 2.17. The number of benzene rings is 1. The molecule has 7 nitrogen and oxygen atoms in total. The highest BCUT2D eigenvalue weighted by atomic mass is 16.5. The van der Waals surface area contributed by atoms with Gasteiger partial charge in [-0.05, 0) is 30.3 Å². The summed E-state index contributed by atoms with van der Waals surface area (Å²) < 4.78 is 10.6. The number of hydrogen-bond acceptors (Lipinski definition) is 5. The molecule has 0 aliphatic carbocycles. The molecule has 0 saturated heterocycles. The van der Waals surface area contributed by atoms with Crippen molar-refractivity contribution in [2.24, 2.45) is 0 Å². The number of aromatic amines is 1. The number of carbonyl (C=O) groups is 1. The van der Waals surface area contributed by atoms with Crippen molar-refractivity contribution in [2.75, 3.05) is 20.3 Å². The first-order chi connectivity index (χ1) is 11.3. The molecule has 0 aliphatic heterocycles. The van der Waals surface area contributed by atoms with E-state index in [1.165, 1.54) is 0 Å². The number of amides is 1. The maximum atomic E-state index is 12.1. The standard InChI is InChI=1S/C16H16N4O3/c1-22-11-2-4-12(5-3-11)23-9-8-18-16(21)15-13-10-17-7-6-14(13)19-20-15/h2-7,10H,8-9H2,1H3,(H,18,21)(H,19,20). The predicted molar refractivity (Wildman–Crippen MR) is 84.7 cm³/mol. The number of nitrogens with one attached hydrogen (secondary N) is 2. The number of H-pyrrole nitrogens is 1. The van der Waals surface area contributed by atoms with E-state index in [4.69, 9.17) is 9.47 Å². The average molecular weight is 312 g/mol. The van der Waals surface area contributed by atoms with Gasteiger partial charge in [0.05, 0.1) is 24.6 Å². The molecule has 3 rings (SSSR count). The highest BCUT2D eigenvalue weighted by Gasteiger charge is 2.13. The predicted octanol–water partition coefficient (Wildman–Crippen LogP) is 1.78. The van der Waals surface area contributed by atoms with Crippen molar-refractivity contribution in [1.29, 1.82) is 0 Å². The van der Waals surface area contributed by atoms with Crippen molar-refractivity contribution < 1.29 is 14.3 Å². The number of ether oxygens (including phenoxy) is 2. The van der Waals surface area contributed by atoms with Crippen LogP contribution < -0.4 is 14.8 Å². The molecule has 2 heterocycles. The Balaban J connectivity index is 1.51. The van der Waals surface area contributed by atoms with Gasteiger partial charge in [0.1, 0.15) is 18.1 Å². The summed E-state index contributed by atoms with van der Waals surface area (Å²) in [6.45, 7) is 0.734. The maximum Gasteiger partial charge on any atom is 0.272 e. The SMILES string of the molecule is COc1ccc(OCCNC(=O)c2n[nH]c3ccncc23)cc1. The van der Waals surface area contributed by atoms with Crippen LogP contribution >= 0.6 is 0 Å². The zero-order chi connectivity index (χ0) is 16.1. The quantitative estimate of drug-likeness (QED) is 0.677. The molecule has 0 saturated carbocycles. The molecular formula is C16H16N4O3. The molecule has 2 N–H and O–H groups in total. The molecule has 23 heavy (non-hydrogen) atoms. The molecule has 0 aliphatic rings. The number of pyridine rings is 1. The minimum Gasteiger partial charge on any atom is -0.497 e. The van der Waals surface area contributed by atoms with Gasteiger partial charge in [-0.15, -0.1) is 0 Å². The molecule has 7 heteroatoms. The second-order valence-corrected chi connectivity index (χ2v) is 4.77. The Bertz CT molecular complexity index is 798. The smallest absolute Gasteiger partial charge is 0.272 e. The number of nitrogens with zero attached hydrogens (tertiary/aromatic N) is 2. The molecule has 0 fully saturated rings. The first-order valence-corrected chi connectivity index (χ1v) is 7.11. The van der Waals surface area contributed by atoms with Crippen LogP contribution in [0.5, 0.6) is 11.5 Å². The molecule has 0 bridgehead atoms. The van der Waals surface area contributed by atoms with E-state index in [0.29, 0.717) is 24.2 Å². The van der Waals surface area contributed by atoms with Crippen LogP contribution in [0.1, 0.15) is 10.5 Å². The van der Waals surface area contributed by atoms with E-state index in [2.05, 4.69) is 20.5 Å². The Morgan fingerprint density at radius 2 is 2.00 bits per heavy atom. The second-order valence-electron chi connectivity index (χ2n) is 4.77. The minimum absolute atomic E-state index is 0.261. The molecule has 1 amide bonds. The first-order valence-electron chi connectivity index (χ1n) is 7.11. The summed E-state index contributed by atoms with van der Waals surface area (Å²) in [7, 11) is 1.61. The van der Waals surface area contributed by atoms with Gasteiger partial charge >= 0.3 is 0 Å². The van der Waals surface area contributed by atoms with Crippen LogP contribution in [0.2, 0.25) is 0 Å². The number of rotatable bonds is 6. The summed E-state index contributed by atoms with van der Waals surface area (Å²) in [6.07, 6.45) is 3.26. The molecule has 118 valence electrons. The molecule has 0 atom stereocenters. The van der Waals surface area contributed by atoms with Crippen LogP contribution in [-0.4, -0.2) is 41.3 Å². The zero-order valence-electron chi connectivity index (χ0n) is 12.6. The van der Waals surface area contributed by atoms with Crippen LogP contribution in [0.3, 0.4) is 0 Å².